The number of rotatable bonds is 1. The van der Waals surface area contributed by atoms with Crippen LogP contribution in [0.3, 0.4) is 0 Å². The van der Waals surface area contributed by atoms with Gasteiger partial charge in [-0.3, -0.25) is 0 Å². The monoisotopic (exact) mass is 227 g/mol. The number of fused-ring (bicyclic) bond motifs is 1. The van der Waals surface area contributed by atoms with E-state index >= 15 is 0 Å². The molecule has 1 aliphatic rings. The molecule has 2 rings (SSSR count). The lowest BCUT2D eigenvalue weighted by atomic mass is 10.1. The molecule has 4 nitrogen and oxygen atoms in total. The van der Waals surface area contributed by atoms with Gasteiger partial charge in [-0.2, -0.15) is 0 Å². The molecular weight excluding hydrogens is 214 g/mol. The molecule has 1 aromatic carbocycles. The largest absolute Gasteiger partial charge is 0.508 e. The SMILES string of the molecule is CC(N)C1Cc2cc(O)ccc2S1(=O)=O. The summed E-state index contributed by atoms with van der Waals surface area (Å²) in [6.45, 7) is 1.69. The fourth-order valence-electron chi connectivity index (χ4n) is 1.96. The van der Waals surface area contributed by atoms with Crippen LogP contribution in [0.25, 0.3) is 0 Å². The molecule has 0 radical (unpaired) electrons. The highest BCUT2D eigenvalue weighted by Gasteiger charge is 2.39. The first-order valence-corrected chi connectivity index (χ1v) is 6.29. The normalized spacial score (nSPS) is 24.8. The molecule has 0 fully saturated rings. The van der Waals surface area contributed by atoms with Crippen LogP contribution in [0, 0.1) is 0 Å². The molecule has 0 amide bonds. The third-order valence-electron chi connectivity index (χ3n) is 2.76. The Morgan fingerprint density at radius 1 is 1.53 bits per heavy atom. The quantitative estimate of drug-likeness (QED) is 0.729. The average Bonchev–Trinajstić information content (AvgIpc) is 2.37. The zero-order chi connectivity index (χ0) is 11.2. The van der Waals surface area contributed by atoms with Gasteiger partial charge in [-0.15, -0.1) is 0 Å². The molecule has 0 aliphatic carbocycles. The first kappa shape index (κ1) is 10.4. The standard InChI is InChI=1S/C10H13NO3S/c1-6(11)10-5-7-4-8(12)2-3-9(7)15(10,13)14/h2-4,6,10,12H,5,11H2,1H3. The first-order chi connectivity index (χ1) is 6.93. The number of sulfone groups is 1. The molecule has 5 heteroatoms. The zero-order valence-electron chi connectivity index (χ0n) is 8.34. The summed E-state index contributed by atoms with van der Waals surface area (Å²) < 4.78 is 24.0. The van der Waals surface area contributed by atoms with E-state index in [0.29, 0.717) is 16.9 Å². The van der Waals surface area contributed by atoms with Crippen LogP contribution in [0.5, 0.6) is 5.75 Å². The molecule has 1 aliphatic heterocycles. The Hall–Kier alpha value is -1.07. The average molecular weight is 227 g/mol. The second-order valence-electron chi connectivity index (χ2n) is 3.94. The summed E-state index contributed by atoms with van der Waals surface area (Å²) in [5.74, 6) is 0.0919. The van der Waals surface area contributed by atoms with Crippen molar-refractivity contribution in [1.29, 1.82) is 0 Å². The van der Waals surface area contributed by atoms with Crippen LogP contribution in [0.15, 0.2) is 23.1 Å². The summed E-state index contributed by atoms with van der Waals surface area (Å²) in [5, 5.41) is 8.70. The predicted molar refractivity (Wildman–Crippen MR) is 56.4 cm³/mol. The van der Waals surface area contributed by atoms with E-state index in [1.165, 1.54) is 18.2 Å². The van der Waals surface area contributed by atoms with Gasteiger partial charge in [-0.25, -0.2) is 8.42 Å². The van der Waals surface area contributed by atoms with Crippen LogP contribution in [-0.2, 0) is 16.3 Å². The van der Waals surface area contributed by atoms with Gasteiger partial charge in [-0.1, -0.05) is 0 Å². The minimum absolute atomic E-state index is 0.0919. The number of phenols is 1. The summed E-state index contributed by atoms with van der Waals surface area (Å²) in [4.78, 5) is 0.308. The van der Waals surface area contributed by atoms with Gasteiger partial charge >= 0.3 is 0 Å². The van der Waals surface area contributed by atoms with E-state index in [-0.39, 0.29) is 5.75 Å². The Bertz CT molecular complexity index is 493. The Morgan fingerprint density at radius 2 is 2.20 bits per heavy atom. The Morgan fingerprint density at radius 3 is 2.80 bits per heavy atom. The van der Waals surface area contributed by atoms with Gasteiger partial charge in [0.05, 0.1) is 10.1 Å². The van der Waals surface area contributed by atoms with Crippen molar-refractivity contribution in [1.82, 2.24) is 0 Å². The fourth-order valence-corrected chi connectivity index (χ4v) is 4.02. The highest BCUT2D eigenvalue weighted by atomic mass is 32.2. The minimum atomic E-state index is -3.30. The molecule has 2 atom stereocenters. The van der Waals surface area contributed by atoms with Crippen molar-refractivity contribution in [3.63, 3.8) is 0 Å². The third-order valence-corrected chi connectivity index (χ3v) is 5.16. The van der Waals surface area contributed by atoms with Crippen LogP contribution >= 0.6 is 0 Å². The third kappa shape index (κ3) is 1.52. The Kier molecular flexibility index (Phi) is 2.24. The van der Waals surface area contributed by atoms with Crippen molar-refractivity contribution in [2.24, 2.45) is 5.73 Å². The highest BCUT2D eigenvalue weighted by molar-refractivity contribution is 7.92. The van der Waals surface area contributed by atoms with E-state index in [4.69, 9.17) is 5.73 Å². The molecule has 0 spiro atoms. The second-order valence-corrected chi connectivity index (χ2v) is 6.07. The number of hydrogen-bond acceptors (Lipinski definition) is 4. The van der Waals surface area contributed by atoms with Crippen molar-refractivity contribution in [3.8, 4) is 5.75 Å². The molecule has 0 saturated carbocycles. The zero-order valence-corrected chi connectivity index (χ0v) is 9.16. The van der Waals surface area contributed by atoms with E-state index in [1.54, 1.807) is 6.92 Å². The van der Waals surface area contributed by atoms with Crippen molar-refractivity contribution < 1.29 is 13.5 Å². The van der Waals surface area contributed by atoms with E-state index < -0.39 is 21.1 Å². The predicted octanol–water partition coefficient (Wildman–Crippen LogP) is 0.438. The van der Waals surface area contributed by atoms with Gasteiger partial charge in [-0.05, 0) is 37.1 Å². The first-order valence-electron chi connectivity index (χ1n) is 4.74. The summed E-state index contributed by atoms with van der Waals surface area (Å²) in [7, 11) is -3.30. The van der Waals surface area contributed by atoms with Crippen molar-refractivity contribution in [2.75, 3.05) is 0 Å². The number of hydrogen-bond donors (Lipinski definition) is 2. The van der Waals surface area contributed by atoms with Gasteiger partial charge in [0.25, 0.3) is 0 Å². The number of nitrogens with two attached hydrogens (primary N) is 1. The van der Waals surface area contributed by atoms with Gasteiger partial charge in [0, 0.05) is 6.04 Å². The maximum atomic E-state index is 12.0. The summed E-state index contributed by atoms with van der Waals surface area (Å²) in [6.07, 6.45) is 0.393. The molecule has 1 heterocycles. The molecule has 1 aromatic rings. The van der Waals surface area contributed by atoms with E-state index in [9.17, 15) is 13.5 Å². The molecular formula is C10H13NO3S. The lowest BCUT2D eigenvalue weighted by Crippen LogP contribution is -2.36. The summed E-state index contributed by atoms with van der Waals surface area (Å²) in [5.41, 5.74) is 6.31. The number of aromatic hydroxyl groups is 1. The molecule has 15 heavy (non-hydrogen) atoms. The van der Waals surface area contributed by atoms with Crippen LogP contribution < -0.4 is 5.73 Å². The number of phenolic OH excluding ortho intramolecular Hbond substituents is 1. The van der Waals surface area contributed by atoms with Gasteiger partial charge in [0.2, 0.25) is 0 Å². The second kappa shape index (κ2) is 3.21. The smallest absolute Gasteiger partial charge is 0.183 e. The van der Waals surface area contributed by atoms with Crippen molar-refractivity contribution in [3.05, 3.63) is 23.8 Å². The molecule has 0 aromatic heterocycles. The minimum Gasteiger partial charge on any atom is -0.508 e. The van der Waals surface area contributed by atoms with E-state index in [1.807, 2.05) is 0 Å². The molecule has 0 bridgehead atoms. The van der Waals surface area contributed by atoms with E-state index in [2.05, 4.69) is 0 Å². The van der Waals surface area contributed by atoms with Crippen LogP contribution in [0.2, 0.25) is 0 Å². The Balaban J connectivity index is 2.57. The molecule has 2 unspecified atom stereocenters. The van der Waals surface area contributed by atoms with Crippen molar-refractivity contribution >= 4 is 9.84 Å². The van der Waals surface area contributed by atoms with E-state index in [0.717, 1.165) is 0 Å². The van der Waals surface area contributed by atoms with Crippen LogP contribution in [-0.4, -0.2) is 24.8 Å². The summed E-state index contributed by atoms with van der Waals surface area (Å²) >= 11 is 0. The lowest BCUT2D eigenvalue weighted by Gasteiger charge is -2.12. The van der Waals surface area contributed by atoms with Crippen molar-refractivity contribution in [2.45, 2.75) is 29.5 Å². The maximum absolute atomic E-state index is 12.0. The highest BCUT2D eigenvalue weighted by Crippen LogP contribution is 2.34. The molecule has 82 valence electrons. The van der Waals surface area contributed by atoms with Crippen LogP contribution in [0.1, 0.15) is 12.5 Å². The molecule has 0 saturated heterocycles. The van der Waals surface area contributed by atoms with Crippen LogP contribution in [0.4, 0.5) is 0 Å². The lowest BCUT2D eigenvalue weighted by molar-refractivity contribution is 0.474. The Labute approximate surface area is 88.6 Å². The van der Waals surface area contributed by atoms with Gasteiger partial charge in [0.15, 0.2) is 9.84 Å². The maximum Gasteiger partial charge on any atom is 0.183 e. The van der Waals surface area contributed by atoms with Gasteiger partial charge < -0.3 is 10.8 Å². The number of benzene rings is 1. The topological polar surface area (TPSA) is 80.4 Å². The van der Waals surface area contributed by atoms with Gasteiger partial charge in [0.1, 0.15) is 5.75 Å². The summed E-state index contributed by atoms with van der Waals surface area (Å²) in [6, 6.07) is 3.93. The molecule has 3 N–H and O–H groups in total. The fraction of sp³-hybridized carbons (Fsp3) is 0.400.